The third-order valence-electron chi connectivity index (χ3n) is 2.38. The van der Waals surface area contributed by atoms with Crippen LogP contribution in [0.1, 0.15) is 34.6 Å². The van der Waals surface area contributed by atoms with Crippen molar-refractivity contribution in [1.29, 1.82) is 0 Å². The van der Waals surface area contributed by atoms with Gasteiger partial charge in [-0.1, -0.05) is 6.92 Å². The standard InChI is InChI=1S/C11H22O4Si/c1-6-13-16(14-7-2,15-8-3)11(5)10(4)9-12/h11H,6-8H2,1-5H3. The Morgan fingerprint density at radius 3 is 1.75 bits per heavy atom. The van der Waals surface area contributed by atoms with Gasteiger partial charge in [0.1, 0.15) is 5.94 Å². The van der Waals surface area contributed by atoms with Gasteiger partial charge in [-0.3, -0.25) is 0 Å². The molecule has 0 saturated heterocycles. The lowest BCUT2D eigenvalue weighted by Gasteiger charge is -2.32. The van der Waals surface area contributed by atoms with Crippen LogP contribution in [0.2, 0.25) is 5.54 Å². The fraction of sp³-hybridized carbons (Fsp3) is 0.818. The Kier molecular flexibility index (Phi) is 7.54. The van der Waals surface area contributed by atoms with Crippen molar-refractivity contribution in [3.8, 4) is 0 Å². The van der Waals surface area contributed by atoms with Gasteiger partial charge >= 0.3 is 8.80 Å². The van der Waals surface area contributed by atoms with E-state index in [1.54, 1.807) is 6.92 Å². The van der Waals surface area contributed by atoms with Crippen LogP contribution >= 0.6 is 0 Å². The largest absolute Gasteiger partial charge is 0.508 e. The van der Waals surface area contributed by atoms with E-state index in [2.05, 4.69) is 0 Å². The molecule has 0 amide bonds. The maximum Gasteiger partial charge on any atom is 0.508 e. The Hall–Kier alpha value is -0.453. The first-order valence-corrected chi connectivity index (χ1v) is 7.51. The van der Waals surface area contributed by atoms with E-state index in [1.165, 1.54) is 0 Å². The molecule has 5 heteroatoms. The van der Waals surface area contributed by atoms with Crippen molar-refractivity contribution in [3.05, 3.63) is 5.57 Å². The summed E-state index contributed by atoms with van der Waals surface area (Å²) >= 11 is 0. The van der Waals surface area contributed by atoms with Crippen LogP contribution in [0.4, 0.5) is 0 Å². The van der Waals surface area contributed by atoms with E-state index in [-0.39, 0.29) is 5.54 Å². The zero-order valence-corrected chi connectivity index (χ0v) is 11.8. The van der Waals surface area contributed by atoms with Gasteiger partial charge in [0.05, 0.1) is 5.54 Å². The third kappa shape index (κ3) is 3.85. The Labute approximate surface area is 99.0 Å². The second-order valence-electron chi connectivity index (χ2n) is 3.41. The smallest absolute Gasteiger partial charge is 0.373 e. The van der Waals surface area contributed by atoms with Crippen molar-refractivity contribution < 1.29 is 18.1 Å². The van der Waals surface area contributed by atoms with Gasteiger partial charge in [0.2, 0.25) is 0 Å². The Morgan fingerprint density at radius 1 is 1.12 bits per heavy atom. The highest BCUT2D eigenvalue weighted by atomic mass is 28.4. The molecule has 0 heterocycles. The molecule has 4 nitrogen and oxygen atoms in total. The van der Waals surface area contributed by atoms with Crippen molar-refractivity contribution in [1.82, 2.24) is 0 Å². The molecule has 0 aromatic heterocycles. The maximum atomic E-state index is 10.7. The summed E-state index contributed by atoms with van der Waals surface area (Å²) in [6.45, 7) is 10.9. The highest BCUT2D eigenvalue weighted by Crippen LogP contribution is 2.30. The van der Waals surface area contributed by atoms with Gasteiger partial charge in [0, 0.05) is 25.4 Å². The summed E-state index contributed by atoms with van der Waals surface area (Å²) in [4.78, 5) is 10.7. The topological polar surface area (TPSA) is 44.8 Å². The lowest BCUT2D eigenvalue weighted by Crippen LogP contribution is -2.50. The van der Waals surface area contributed by atoms with Crippen molar-refractivity contribution in [2.75, 3.05) is 19.8 Å². The van der Waals surface area contributed by atoms with Crippen LogP contribution in [0.5, 0.6) is 0 Å². The summed E-state index contributed by atoms with van der Waals surface area (Å²) in [7, 11) is -2.78. The van der Waals surface area contributed by atoms with E-state index >= 15 is 0 Å². The quantitative estimate of drug-likeness (QED) is 0.486. The minimum Gasteiger partial charge on any atom is -0.373 e. The lowest BCUT2D eigenvalue weighted by atomic mass is 10.3. The number of carbonyl (C=O) groups excluding carboxylic acids is 1. The van der Waals surface area contributed by atoms with Crippen LogP contribution in [-0.4, -0.2) is 34.6 Å². The molecular formula is C11H22O4Si. The van der Waals surface area contributed by atoms with Gasteiger partial charge in [0.25, 0.3) is 0 Å². The van der Waals surface area contributed by atoms with E-state index in [1.807, 2.05) is 33.6 Å². The molecule has 0 radical (unpaired) electrons. The van der Waals surface area contributed by atoms with E-state index in [0.717, 1.165) is 0 Å². The fourth-order valence-corrected chi connectivity index (χ4v) is 4.25. The van der Waals surface area contributed by atoms with Gasteiger partial charge < -0.3 is 13.3 Å². The highest BCUT2D eigenvalue weighted by Gasteiger charge is 2.47. The predicted octanol–water partition coefficient (Wildman–Crippen LogP) is 2.20. The Balaban J connectivity index is 5.04. The number of hydrogen-bond donors (Lipinski definition) is 0. The maximum absolute atomic E-state index is 10.7. The van der Waals surface area contributed by atoms with Crippen LogP contribution < -0.4 is 0 Å². The molecule has 1 unspecified atom stereocenters. The minimum absolute atomic E-state index is 0.148. The summed E-state index contributed by atoms with van der Waals surface area (Å²) < 4.78 is 17.1. The van der Waals surface area contributed by atoms with E-state index in [9.17, 15) is 4.79 Å². The average molecular weight is 246 g/mol. The second-order valence-corrected chi connectivity index (χ2v) is 6.35. The van der Waals surface area contributed by atoms with Gasteiger partial charge in [-0.25, -0.2) is 4.79 Å². The molecular weight excluding hydrogens is 224 g/mol. The van der Waals surface area contributed by atoms with Gasteiger partial charge in [0.15, 0.2) is 0 Å². The first kappa shape index (κ1) is 15.5. The third-order valence-corrected chi connectivity index (χ3v) is 5.94. The summed E-state index contributed by atoms with van der Waals surface area (Å²) in [5.41, 5.74) is 0.437. The molecule has 0 aliphatic rings. The van der Waals surface area contributed by atoms with Crippen LogP contribution in [0, 0.1) is 0 Å². The molecule has 0 aliphatic carbocycles. The zero-order chi connectivity index (χ0) is 12.6. The summed E-state index contributed by atoms with van der Waals surface area (Å²) in [5.74, 6) is 1.91. The average Bonchev–Trinajstić information content (AvgIpc) is 2.28. The molecule has 1 atom stereocenters. The first-order chi connectivity index (χ1) is 7.57. The molecule has 0 spiro atoms. The summed E-state index contributed by atoms with van der Waals surface area (Å²) in [5, 5.41) is 0. The second kappa shape index (κ2) is 7.76. The van der Waals surface area contributed by atoms with Crippen LogP contribution in [0.3, 0.4) is 0 Å². The molecule has 0 fully saturated rings. The van der Waals surface area contributed by atoms with E-state index < -0.39 is 8.80 Å². The highest BCUT2D eigenvalue weighted by molar-refractivity contribution is 6.63. The molecule has 0 saturated carbocycles. The minimum atomic E-state index is -2.78. The number of hydrogen-bond acceptors (Lipinski definition) is 4. The lowest BCUT2D eigenvalue weighted by molar-refractivity contribution is 0.0658. The molecule has 94 valence electrons. The molecule has 0 aromatic rings. The Bertz CT molecular complexity index is 231. The zero-order valence-electron chi connectivity index (χ0n) is 10.8. The normalized spacial score (nSPS) is 13.3. The van der Waals surface area contributed by atoms with Gasteiger partial charge in [-0.05, 0) is 27.7 Å². The van der Waals surface area contributed by atoms with E-state index in [0.29, 0.717) is 25.4 Å². The fourth-order valence-electron chi connectivity index (χ4n) is 1.46. The van der Waals surface area contributed by atoms with Crippen molar-refractivity contribution in [2.45, 2.75) is 40.2 Å². The Morgan fingerprint density at radius 2 is 1.50 bits per heavy atom. The first-order valence-electron chi connectivity index (χ1n) is 5.71. The molecule has 0 aliphatic heterocycles. The van der Waals surface area contributed by atoms with Gasteiger partial charge in [-0.15, -0.1) is 0 Å². The summed E-state index contributed by atoms with van der Waals surface area (Å²) in [6.07, 6.45) is 0. The number of rotatable bonds is 8. The molecule has 0 N–H and O–H groups in total. The predicted molar refractivity (Wildman–Crippen MR) is 64.9 cm³/mol. The van der Waals surface area contributed by atoms with Crippen molar-refractivity contribution in [3.63, 3.8) is 0 Å². The molecule has 0 rings (SSSR count). The number of allylic oxidation sites excluding steroid dienone is 1. The van der Waals surface area contributed by atoms with Crippen molar-refractivity contribution in [2.24, 2.45) is 0 Å². The van der Waals surface area contributed by atoms with Crippen LogP contribution in [0.15, 0.2) is 5.57 Å². The SMILES string of the molecule is CCO[Si](OCC)(OCC)C(C)C(C)=C=O. The summed E-state index contributed by atoms with van der Waals surface area (Å²) in [6, 6.07) is 0. The molecule has 0 aromatic carbocycles. The molecule has 16 heavy (non-hydrogen) atoms. The van der Waals surface area contributed by atoms with Crippen LogP contribution in [0.25, 0.3) is 0 Å². The van der Waals surface area contributed by atoms with E-state index in [4.69, 9.17) is 13.3 Å². The van der Waals surface area contributed by atoms with Gasteiger partial charge in [-0.2, -0.15) is 0 Å². The van der Waals surface area contributed by atoms with Crippen molar-refractivity contribution >= 4 is 14.7 Å². The van der Waals surface area contributed by atoms with Crippen LogP contribution in [-0.2, 0) is 18.1 Å². The molecule has 0 bridgehead atoms. The monoisotopic (exact) mass is 246 g/mol.